The standard InChI is InChI=1S/C8H15N3O2S/c1-7(2)3-4-11-14(12,13)8-5-9-10-6-8/h5-7,11H,3-4H2,1-2H3,(H,9,10). The van der Waals surface area contributed by atoms with Crippen LogP contribution in [-0.4, -0.2) is 25.2 Å². The number of aromatic amines is 1. The highest BCUT2D eigenvalue weighted by Gasteiger charge is 2.13. The van der Waals surface area contributed by atoms with Gasteiger partial charge in [-0.1, -0.05) is 13.8 Å². The van der Waals surface area contributed by atoms with Gasteiger partial charge in [-0.3, -0.25) is 5.10 Å². The van der Waals surface area contributed by atoms with Crippen molar-refractivity contribution in [3.63, 3.8) is 0 Å². The van der Waals surface area contributed by atoms with Gasteiger partial charge in [0, 0.05) is 12.7 Å². The van der Waals surface area contributed by atoms with E-state index in [-0.39, 0.29) is 4.90 Å². The molecule has 0 saturated heterocycles. The molecule has 1 rings (SSSR count). The number of rotatable bonds is 5. The molecule has 0 unspecified atom stereocenters. The molecule has 0 bridgehead atoms. The maximum Gasteiger partial charge on any atom is 0.243 e. The summed E-state index contributed by atoms with van der Waals surface area (Å²) in [7, 11) is -3.36. The molecule has 1 heterocycles. The van der Waals surface area contributed by atoms with Gasteiger partial charge in [-0.05, 0) is 12.3 Å². The lowest BCUT2D eigenvalue weighted by atomic mass is 10.1. The molecule has 0 aliphatic carbocycles. The lowest BCUT2D eigenvalue weighted by Crippen LogP contribution is -2.25. The second-order valence-corrected chi connectivity index (χ2v) is 5.28. The Morgan fingerprint density at radius 1 is 1.57 bits per heavy atom. The lowest BCUT2D eigenvalue weighted by molar-refractivity contribution is 0.551. The minimum Gasteiger partial charge on any atom is -0.284 e. The normalized spacial score (nSPS) is 12.2. The number of nitrogens with one attached hydrogen (secondary N) is 2. The Labute approximate surface area is 84.0 Å². The molecule has 0 aromatic carbocycles. The van der Waals surface area contributed by atoms with Crippen molar-refractivity contribution in [2.75, 3.05) is 6.54 Å². The van der Waals surface area contributed by atoms with Crippen molar-refractivity contribution in [1.82, 2.24) is 14.9 Å². The molecule has 0 fully saturated rings. The quantitative estimate of drug-likeness (QED) is 0.763. The fraction of sp³-hybridized carbons (Fsp3) is 0.625. The predicted molar refractivity (Wildman–Crippen MR) is 53.2 cm³/mol. The molecule has 0 aliphatic heterocycles. The number of nitrogens with zero attached hydrogens (tertiary/aromatic N) is 1. The Hall–Kier alpha value is -0.880. The summed E-state index contributed by atoms with van der Waals surface area (Å²) in [5, 5.41) is 6.05. The number of sulfonamides is 1. The maximum atomic E-state index is 11.5. The Morgan fingerprint density at radius 3 is 2.79 bits per heavy atom. The first-order chi connectivity index (χ1) is 6.52. The molecular formula is C8H15N3O2S. The first-order valence-corrected chi connectivity index (χ1v) is 5.99. The topological polar surface area (TPSA) is 74.8 Å². The van der Waals surface area contributed by atoms with Gasteiger partial charge in [0.15, 0.2) is 0 Å². The SMILES string of the molecule is CC(C)CCNS(=O)(=O)c1cn[nH]c1. The summed E-state index contributed by atoms with van der Waals surface area (Å²) >= 11 is 0. The smallest absolute Gasteiger partial charge is 0.243 e. The van der Waals surface area contributed by atoms with Crippen molar-refractivity contribution < 1.29 is 8.42 Å². The summed E-state index contributed by atoms with van der Waals surface area (Å²) < 4.78 is 25.5. The Morgan fingerprint density at radius 2 is 2.29 bits per heavy atom. The Balaban J connectivity index is 2.52. The molecule has 1 aromatic heterocycles. The van der Waals surface area contributed by atoms with Gasteiger partial charge in [-0.2, -0.15) is 5.10 Å². The first kappa shape index (κ1) is 11.2. The molecule has 2 N–H and O–H groups in total. The molecule has 14 heavy (non-hydrogen) atoms. The molecule has 0 radical (unpaired) electrons. The van der Waals surface area contributed by atoms with Gasteiger partial charge in [0.1, 0.15) is 4.90 Å². The first-order valence-electron chi connectivity index (χ1n) is 4.51. The van der Waals surface area contributed by atoms with E-state index in [0.29, 0.717) is 12.5 Å². The van der Waals surface area contributed by atoms with Crippen molar-refractivity contribution in [2.24, 2.45) is 5.92 Å². The van der Waals surface area contributed by atoms with Crippen molar-refractivity contribution in [2.45, 2.75) is 25.2 Å². The summed E-state index contributed by atoms with van der Waals surface area (Å²) in [5.74, 6) is 0.488. The lowest BCUT2D eigenvalue weighted by Gasteiger charge is -2.06. The van der Waals surface area contributed by atoms with E-state index in [2.05, 4.69) is 14.9 Å². The molecule has 1 aromatic rings. The van der Waals surface area contributed by atoms with E-state index >= 15 is 0 Å². The van der Waals surface area contributed by atoms with E-state index in [1.54, 1.807) is 0 Å². The van der Waals surface area contributed by atoms with E-state index in [1.807, 2.05) is 13.8 Å². The van der Waals surface area contributed by atoms with Gasteiger partial charge in [0.05, 0.1) is 6.20 Å². The van der Waals surface area contributed by atoms with Crippen molar-refractivity contribution in [1.29, 1.82) is 0 Å². The Bertz CT molecular complexity index is 356. The predicted octanol–water partition coefficient (Wildman–Crippen LogP) is 0.734. The fourth-order valence-corrected chi connectivity index (χ4v) is 1.90. The second-order valence-electron chi connectivity index (χ2n) is 3.51. The van der Waals surface area contributed by atoms with Crippen LogP contribution in [0.25, 0.3) is 0 Å². The van der Waals surface area contributed by atoms with E-state index in [0.717, 1.165) is 6.42 Å². The zero-order chi connectivity index (χ0) is 10.6. The summed E-state index contributed by atoms with van der Waals surface area (Å²) in [6.07, 6.45) is 3.48. The number of aromatic nitrogens is 2. The van der Waals surface area contributed by atoms with Crippen molar-refractivity contribution in [3.05, 3.63) is 12.4 Å². The highest BCUT2D eigenvalue weighted by atomic mass is 32.2. The minimum atomic E-state index is -3.36. The van der Waals surface area contributed by atoms with Crippen LogP contribution < -0.4 is 4.72 Å². The highest BCUT2D eigenvalue weighted by molar-refractivity contribution is 7.89. The van der Waals surface area contributed by atoms with Crippen molar-refractivity contribution in [3.8, 4) is 0 Å². The molecule has 0 aliphatic rings. The third-order valence-corrected chi connectivity index (χ3v) is 3.23. The monoisotopic (exact) mass is 217 g/mol. The third-order valence-electron chi connectivity index (χ3n) is 1.80. The van der Waals surface area contributed by atoms with Crippen LogP contribution in [0.5, 0.6) is 0 Å². The molecule has 0 amide bonds. The number of hydrogen-bond acceptors (Lipinski definition) is 3. The van der Waals surface area contributed by atoms with Crippen LogP contribution in [-0.2, 0) is 10.0 Å². The maximum absolute atomic E-state index is 11.5. The second kappa shape index (κ2) is 4.56. The largest absolute Gasteiger partial charge is 0.284 e. The molecule has 0 atom stereocenters. The van der Waals surface area contributed by atoms with Crippen LogP contribution in [0.1, 0.15) is 20.3 Å². The molecular weight excluding hydrogens is 202 g/mol. The van der Waals surface area contributed by atoms with Gasteiger partial charge >= 0.3 is 0 Å². The minimum absolute atomic E-state index is 0.182. The zero-order valence-electron chi connectivity index (χ0n) is 8.32. The number of H-pyrrole nitrogens is 1. The highest BCUT2D eigenvalue weighted by Crippen LogP contribution is 2.05. The van der Waals surface area contributed by atoms with Crippen LogP contribution in [0.15, 0.2) is 17.3 Å². The van der Waals surface area contributed by atoms with Crippen LogP contribution in [0.3, 0.4) is 0 Å². The van der Waals surface area contributed by atoms with Gasteiger partial charge < -0.3 is 0 Å². The van der Waals surface area contributed by atoms with Gasteiger partial charge in [0.2, 0.25) is 10.0 Å². The van der Waals surface area contributed by atoms with Crippen LogP contribution in [0, 0.1) is 5.92 Å². The van der Waals surface area contributed by atoms with Crippen molar-refractivity contribution >= 4 is 10.0 Å². The summed E-state index contributed by atoms with van der Waals surface area (Å²) in [6.45, 7) is 4.56. The van der Waals surface area contributed by atoms with E-state index in [9.17, 15) is 8.42 Å². The number of hydrogen-bond donors (Lipinski definition) is 2. The van der Waals surface area contributed by atoms with E-state index < -0.39 is 10.0 Å². The summed E-state index contributed by atoms with van der Waals surface area (Å²) in [6, 6.07) is 0. The van der Waals surface area contributed by atoms with Gasteiger partial charge in [-0.15, -0.1) is 0 Å². The molecule has 6 heteroatoms. The van der Waals surface area contributed by atoms with E-state index in [4.69, 9.17) is 0 Å². The average Bonchev–Trinajstić information content (AvgIpc) is 2.54. The van der Waals surface area contributed by atoms with Crippen LogP contribution in [0.2, 0.25) is 0 Å². The fourth-order valence-electron chi connectivity index (χ4n) is 0.951. The summed E-state index contributed by atoms with van der Waals surface area (Å²) in [5.41, 5.74) is 0. The molecule has 5 nitrogen and oxygen atoms in total. The summed E-state index contributed by atoms with van der Waals surface area (Å²) in [4.78, 5) is 0.182. The van der Waals surface area contributed by atoms with Crippen LogP contribution >= 0.6 is 0 Å². The third kappa shape index (κ3) is 3.12. The average molecular weight is 217 g/mol. The molecule has 80 valence electrons. The van der Waals surface area contributed by atoms with E-state index in [1.165, 1.54) is 12.4 Å². The Kier molecular flexibility index (Phi) is 3.65. The molecule has 0 spiro atoms. The van der Waals surface area contributed by atoms with Gasteiger partial charge in [-0.25, -0.2) is 13.1 Å². The zero-order valence-corrected chi connectivity index (χ0v) is 9.13. The van der Waals surface area contributed by atoms with Crippen LogP contribution in [0.4, 0.5) is 0 Å². The van der Waals surface area contributed by atoms with Gasteiger partial charge in [0.25, 0.3) is 0 Å². The molecule has 0 saturated carbocycles.